The van der Waals surface area contributed by atoms with Gasteiger partial charge < -0.3 is 18.9 Å². The van der Waals surface area contributed by atoms with Crippen molar-refractivity contribution in [1.29, 1.82) is 0 Å². The van der Waals surface area contributed by atoms with E-state index >= 15 is 0 Å². The molecule has 4 rings (SSSR count). The average Bonchev–Trinajstić information content (AvgIpc) is 3.08. The lowest BCUT2D eigenvalue weighted by atomic mass is 9.69. The average molecular weight is 631 g/mol. The van der Waals surface area contributed by atoms with Crippen molar-refractivity contribution in [3.63, 3.8) is 0 Å². The summed E-state index contributed by atoms with van der Waals surface area (Å²) in [6.45, 7) is 13.0. The van der Waals surface area contributed by atoms with Crippen LogP contribution in [0, 0.1) is 23.7 Å². The summed E-state index contributed by atoms with van der Waals surface area (Å²) in [7, 11) is 0. The SMILES string of the molecule is C=C(C)C(=O)OCCCc1ccc(OCC2CCC(C3CCC(COc4ccc(CCCOC(=O)C(=C)C)cc4)CC3)CC2)cc1. The molecule has 0 atom stereocenters. The van der Waals surface area contributed by atoms with Gasteiger partial charge in [-0.05, 0) is 150 Å². The van der Waals surface area contributed by atoms with Crippen molar-refractivity contribution < 1.29 is 28.5 Å². The van der Waals surface area contributed by atoms with E-state index in [1.165, 1.54) is 62.5 Å². The van der Waals surface area contributed by atoms with Crippen molar-refractivity contribution in [3.8, 4) is 11.5 Å². The highest BCUT2D eigenvalue weighted by Crippen LogP contribution is 2.41. The molecule has 0 unspecified atom stereocenters. The zero-order valence-electron chi connectivity index (χ0n) is 28.1. The predicted octanol–water partition coefficient (Wildman–Crippen LogP) is 8.86. The highest BCUT2D eigenvalue weighted by atomic mass is 16.5. The van der Waals surface area contributed by atoms with E-state index in [1.807, 2.05) is 0 Å². The molecule has 0 N–H and O–H groups in total. The molecule has 2 aliphatic carbocycles. The topological polar surface area (TPSA) is 71.1 Å². The Morgan fingerprint density at radius 1 is 0.587 bits per heavy atom. The van der Waals surface area contributed by atoms with Crippen LogP contribution in [0.15, 0.2) is 72.8 Å². The van der Waals surface area contributed by atoms with Gasteiger partial charge in [-0.15, -0.1) is 0 Å². The first-order valence-corrected chi connectivity index (χ1v) is 17.4. The van der Waals surface area contributed by atoms with Gasteiger partial charge >= 0.3 is 11.9 Å². The Labute approximate surface area is 276 Å². The van der Waals surface area contributed by atoms with Crippen molar-refractivity contribution in [2.24, 2.45) is 23.7 Å². The Morgan fingerprint density at radius 2 is 0.935 bits per heavy atom. The minimum Gasteiger partial charge on any atom is -0.493 e. The first kappa shape index (κ1) is 35.3. The quantitative estimate of drug-likeness (QED) is 0.0988. The van der Waals surface area contributed by atoms with Crippen LogP contribution >= 0.6 is 0 Å². The summed E-state index contributed by atoms with van der Waals surface area (Å²) in [6, 6.07) is 16.7. The monoisotopic (exact) mass is 630 g/mol. The fourth-order valence-electron chi connectivity index (χ4n) is 6.71. The Morgan fingerprint density at radius 3 is 1.26 bits per heavy atom. The lowest BCUT2D eigenvalue weighted by molar-refractivity contribution is -0.139. The molecule has 2 fully saturated rings. The molecule has 250 valence electrons. The zero-order valence-corrected chi connectivity index (χ0v) is 28.1. The van der Waals surface area contributed by atoms with Gasteiger partial charge in [0.15, 0.2) is 0 Å². The molecule has 2 aromatic carbocycles. The second kappa shape index (κ2) is 18.6. The highest BCUT2D eigenvalue weighted by molar-refractivity contribution is 5.87. The number of aryl methyl sites for hydroxylation is 2. The molecular formula is C40H54O6. The fourth-order valence-corrected chi connectivity index (χ4v) is 6.71. The van der Waals surface area contributed by atoms with Gasteiger partial charge in [0.1, 0.15) is 11.5 Å². The third-order valence-corrected chi connectivity index (χ3v) is 9.65. The van der Waals surface area contributed by atoms with Gasteiger partial charge in [-0.1, -0.05) is 37.4 Å². The van der Waals surface area contributed by atoms with Gasteiger partial charge in [0.2, 0.25) is 0 Å². The minimum atomic E-state index is -0.319. The molecule has 0 spiro atoms. The molecule has 0 bridgehead atoms. The summed E-state index contributed by atoms with van der Waals surface area (Å²) in [5.74, 6) is 4.27. The number of carbonyl (C=O) groups excluding carboxylic acids is 2. The van der Waals surface area contributed by atoms with Crippen LogP contribution in [-0.4, -0.2) is 38.4 Å². The lowest BCUT2D eigenvalue weighted by Gasteiger charge is -2.37. The molecule has 2 aromatic rings. The first-order chi connectivity index (χ1) is 22.3. The third kappa shape index (κ3) is 12.0. The molecular weight excluding hydrogens is 576 g/mol. The summed E-state index contributed by atoms with van der Waals surface area (Å²) in [5.41, 5.74) is 3.33. The Hall–Kier alpha value is -3.54. The molecule has 6 nitrogen and oxygen atoms in total. The molecule has 46 heavy (non-hydrogen) atoms. The summed E-state index contributed by atoms with van der Waals surface area (Å²) in [6.07, 6.45) is 13.7. The van der Waals surface area contributed by atoms with Crippen molar-refractivity contribution in [2.75, 3.05) is 26.4 Å². The molecule has 6 heteroatoms. The van der Waals surface area contributed by atoms with E-state index in [0.717, 1.165) is 62.2 Å². The van der Waals surface area contributed by atoms with Crippen LogP contribution in [0.1, 0.15) is 89.2 Å². The van der Waals surface area contributed by atoms with E-state index < -0.39 is 0 Å². The van der Waals surface area contributed by atoms with E-state index in [9.17, 15) is 9.59 Å². The van der Waals surface area contributed by atoms with Crippen LogP contribution in [0.4, 0.5) is 0 Å². The number of rotatable bonds is 17. The maximum Gasteiger partial charge on any atom is 0.333 e. The summed E-state index contributed by atoms with van der Waals surface area (Å²) >= 11 is 0. The van der Waals surface area contributed by atoms with Gasteiger partial charge in [0, 0.05) is 11.1 Å². The summed E-state index contributed by atoms with van der Waals surface area (Å²) in [4.78, 5) is 23.0. The van der Waals surface area contributed by atoms with E-state index in [4.69, 9.17) is 18.9 Å². The van der Waals surface area contributed by atoms with Crippen LogP contribution in [-0.2, 0) is 31.9 Å². The molecule has 0 saturated heterocycles. The van der Waals surface area contributed by atoms with Gasteiger partial charge in [0.05, 0.1) is 26.4 Å². The van der Waals surface area contributed by atoms with Gasteiger partial charge in [0.25, 0.3) is 0 Å². The Kier molecular flexibility index (Phi) is 14.3. The number of hydrogen-bond donors (Lipinski definition) is 0. The fraction of sp³-hybridized carbons (Fsp3) is 0.550. The highest BCUT2D eigenvalue weighted by Gasteiger charge is 2.31. The number of hydrogen-bond acceptors (Lipinski definition) is 6. The van der Waals surface area contributed by atoms with E-state index in [2.05, 4.69) is 61.7 Å². The van der Waals surface area contributed by atoms with Crippen molar-refractivity contribution >= 4 is 11.9 Å². The smallest absolute Gasteiger partial charge is 0.333 e. The Bertz CT molecular complexity index is 1150. The first-order valence-electron chi connectivity index (χ1n) is 17.4. The molecule has 0 radical (unpaired) electrons. The van der Waals surface area contributed by atoms with Crippen LogP contribution in [0.3, 0.4) is 0 Å². The summed E-state index contributed by atoms with van der Waals surface area (Å²) < 4.78 is 22.7. The van der Waals surface area contributed by atoms with Gasteiger partial charge in [-0.2, -0.15) is 0 Å². The van der Waals surface area contributed by atoms with Crippen LogP contribution < -0.4 is 9.47 Å². The van der Waals surface area contributed by atoms with Crippen molar-refractivity contribution in [1.82, 2.24) is 0 Å². The van der Waals surface area contributed by atoms with E-state index in [-0.39, 0.29) is 11.9 Å². The van der Waals surface area contributed by atoms with Crippen molar-refractivity contribution in [2.45, 2.75) is 90.9 Å². The zero-order chi connectivity index (χ0) is 32.7. The largest absolute Gasteiger partial charge is 0.493 e. The number of ether oxygens (including phenoxy) is 4. The molecule has 2 aliphatic rings. The number of benzene rings is 2. The van der Waals surface area contributed by atoms with E-state index in [0.29, 0.717) is 36.2 Å². The molecule has 0 heterocycles. The normalized spacial score (nSPS) is 21.2. The second-order valence-electron chi connectivity index (χ2n) is 13.5. The van der Waals surface area contributed by atoms with Gasteiger partial charge in [-0.3, -0.25) is 0 Å². The van der Waals surface area contributed by atoms with Crippen LogP contribution in [0.2, 0.25) is 0 Å². The summed E-state index contributed by atoms with van der Waals surface area (Å²) in [5, 5.41) is 0. The third-order valence-electron chi connectivity index (χ3n) is 9.65. The minimum absolute atomic E-state index is 0.319. The molecule has 0 amide bonds. The van der Waals surface area contributed by atoms with E-state index in [1.54, 1.807) is 13.8 Å². The van der Waals surface area contributed by atoms with Crippen LogP contribution in [0.5, 0.6) is 11.5 Å². The number of carbonyl (C=O) groups is 2. The maximum absolute atomic E-state index is 11.5. The lowest BCUT2D eigenvalue weighted by Crippen LogP contribution is -2.28. The van der Waals surface area contributed by atoms with Crippen LogP contribution in [0.25, 0.3) is 0 Å². The van der Waals surface area contributed by atoms with Gasteiger partial charge in [-0.25, -0.2) is 9.59 Å². The predicted molar refractivity (Wildman–Crippen MR) is 183 cm³/mol. The number of esters is 2. The molecule has 0 aliphatic heterocycles. The molecule has 0 aromatic heterocycles. The maximum atomic E-state index is 11.5. The second-order valence-corrected chi connectivity index (χ2v) is 13.5. The molecule has 2 saturated carbocycles. The Balaban J connectivity index is 1.05. The van der Waals surface area contributed by atoms with Crippen molar-refractivity contribution in [3.05, 3.63) is 84.0 Å². The standard InChI is InChI=1S/C40H54O6/c1-29(2)39(41)43-25-5-7-31-13-21-37(22-14-31)45-27-33-9-17-35(18-10-33)36-19-11-34(12-20-36)28-46-38-23-15-32(16-24-38)8-6-26-44-40(42)30(3)4/h13-16,21-24,33-36H,1,3,5-12,17-20,25-28H2,2,4H3.